The molecule has 0 saturated carbocycles. The molecule has 1 spiro atoms. The van der Waals surface area contributed by atoms with E-state index in [1.165, 1.54) is 38.9 Å². The van der Waals surface area contributed by atoms with E-state index in [-0.39, 0.29) is 6.09 Å². The van der Waals surface area contributed by atoms with Gasteiger partial charge in [0.05, 0.1) is 0 Å². The minimum Gasteiger partial charge on any atom is -0.444 e. The molecule has 0 unspecified atom stereocenters. The van der Waals surface area contributed by atoms with Crippen LogP contribution in [0.2, 0.25) is 0 Å². The molecule has 0 radical (unpaired) electrons. The number of amides is 1. The van der Waals surface area contributed by atoms with E-state index < -0.39 is 5.60 Å². The molecule has 2 heterocycles. The first-order valence-electron chi connectivity index (χ1n) is 8.54. The second kappa shape index (κ2) is 6.55. The lowest BCUT2D eigenvalue weighted by Crippen LogP contribution is -2.49. The van der Waals surface area contributed by atoms with Gasteiger partial charge in [0, 0.05) is 13.1 Å². The lowest BCUT2D eigenvalue weighted by atomic mass is 9.71. The average molecular weight is 296 g/mol. The predicted octanol–water partition coefficient (Wildman–Crippen LogP) is 3.51. The molecule has 122 valence electrons. The molecule has 0 aromatic carbocycles. The highest BCUT2D eigenvalue weighted by atomic mass is 16.6. The quantitative estimate of drug-likeness (QED) is 0.782. The molecule has 2 aliphatic heterocycles. The molecule has 2 fully saturated rings. The lowest BCUT2D eigenvalue weighted by Gasteiger charge is -2.46. The number of rotatable bonds is 2. The van der Waals surface area contributed by atoms with E-state index in [9.17, 15) is 4.79 Å². The molecule has 21 heavy (non-hydrogen) atoms. The van der Waals surface area contributed by atoms with Crippen molar-refractivity contribution in [3.05, 3.63) is 0 Å². The summed E-state index contributed by atoms with van der Waals surface area (Å²) in [4.78, 5) is 16.6. The third-order valence-electron chi connectivity index (χ3n) is 4.93. The van der Waals surface area contributed by atoms with Crippen LogP contribution in [0.5, 0.6) is 0 Å². The van der Waals surface area contributed by atoms with Gasteiger partial charge in [0.2, 0.25) is 0 Å². The van der Waals surface area contributed by atoms with Crippen molar-refractivity contribution in [2.24, 2.45) is 5.41 Å². The summed E-state index contributed by atoms with van der Waals surface area (Å²) in [5, 5.41) is 0. The Morgan fingerprint density at radius 1 is 1.05 bits per heavy atom. The highest BCUT2D eigenvalue weighted by Crippen LogP contribution is 2.41. The van der Waals surface area contributed by atoms with Crippen molar-refractivity contribution in [2.75, 3.05) is 32.7 Å². The minimum absolute atomic E-state index is 0.138. The Labute approximate surface area is 129 Å². The minimum atomic E-state index is -0.391. The van der Waals surface area contributed by atoms with E-state index in [2.05, 4.69) is 11.8 Å². The maximum absolute atomic E-state index is 12.1. The van der Waals surface area contributed by atoms with Crippen LogP contribution < -0.4 is 0 Å². The molecule has 2 rings (SSSR count). The summed E-state index contributed by atoms with van der Waals surface area (Å²) in [7, 11) is 0. The maximum atomic E-state index is 12.1. The normalized spacial score (nSPS) is 23.3. The van der Waals surface area contributed by atoms with Crippen molar-refractivity contribution in [1.82, 2.24) is 9.80 Å². The van der Waals surface area contributed by atoms with E-state index in [0.29, 0.717) is 5.41 Å². The average Bonchev–Trinajstić information content (AvgIpc) is 2.41. The Kier molecular flexibility index (Phi) is 5.18. The van der Waals surface area contributed by atoms with Crippen molar-refractivity contribution >= 4 is 6.09 Å². The first kappa shape index (κ1) is 16.6. The number of carbonyl (C=O) groups excluding carboxylic acids is 1. The van der Waals surface area contributed by atoms with Gasteiger partial charge in [0.25, 0.3) is 0 Å². The number of piperidine rings is 2. The van der Waals surface area contributed by atoms with Crippen molar-refractivity contribution in [3.63, 3.8) is 0 Å². The molecule has 0 bridgehead atoms. The SMILES string of the molecule is CCCN1CCC2(CC1)CCN(C(=O)OC(C)(C)C)CC2. The third-order valence-corrected chi connectivity index (χ3v) is 4.93. The van der Waals surface area contributed by atoms with Gasteiger partial charge in [-0.2, -0.15) is 0 Å². The van der Waals surface area contributed by atoms with Gasteiger partial charge >= 0.3 is 6.09 Å². The van der Waals surface area contributed by atoms with Crippen LogP contribution in [0.3, 0.4) is 0 Å². The zero-order valence-electron chi connectivity index (χ0n) is 14.3. The number of hydrogen-bond acceptors (Lipinski definition) is 3. The molecule has 0 atom stereocenters. The Morgan fingerprint density at radius 3 is 2.05 bits per heavy atom. The van der Waals surface area contributed by atoms with Crippen LogP contribution in [0.25, 0.3) is 0 Å². The van der Waals surface area contributed by atoms with Crippen LogP contribution in [0, 0.1) is 5.41 Å². The zero-order valence-corrected chi connectivity index (χ0v) is 14.3. The predicted molar refractivity (Wildman–Crippen MR) is 85.4 cm³/mol. The van der Waals surface area contributed by atoms with Crippen molar-refractivity contribution < 1.29 is 9.53 Å². The van der Waals surface area contributed by atoms with Gasteiger partial charge in [0.15, 0.2) is 0 Å². The molecule has 0 aromatic heterocycles. The largest absolute Gasteiger partial charge is 0.444 e. The Bertz CT molecular complexity index is 344. The first-order valence-corrected chi connectivity index (χ1v) is 8.54. The van der Waals surface area contributed by atoms with Gasteiger partial charge in [0.1, 0.15) is 5.60 Å². The van der Waals surface area contributed by atoms with Gasteiger partial charge in [-0.15, -0.1) is 0 Å². The molecule has 4 heteroatoms. The van der Waals surface area contributed by atoms with Gasteiger partial charge < -0.3 is 14.5 Å². The lowest BCUT2D eigenvalue weighted by molar-refractivity contribution is -0.00235. The second-order valence-electron chi connectivity index (χ2n) is 7.81. The molecule has 4 nitrogen and oxygen atoms in total. The van der Waals surface area contributed by atoms with E-state index in [4.69, 9.17) is 4.74 Å². The molecule has 2 saturated heterocycles. The molecule has 2 aliphatic rings. The first-order chi connectivity index (χ1) is 9.84. The van der Waals surface area contributed by atoms with Gasteiger partial charge in [-0.25, -0.2) is 4.79 Å². The van der Waals surface area contributed by atoms with Gasteiger partial charge in [-0.05, 0) is 77.9 Å². The molecule has 0 N–H and O–H groups in total. The summed E-state index contributed by atoms with van der Waals surface area (Å²) < 4.78 is 5.48. The van der Waals surface area contributed by atoms with Crippen molar-refractivity contribution in [1.29, 1.82) is 0 Å². The third kappa shape index (κ3) is 4.60. The van der Waals surface area contributed by atoms with Crippen LogP contribution >= 0.6 is 0 Å². The van der Waals surface area contributed by atoms with E-state index in [0.717, 1.165) is 25.9 Å². The Morgan fingerprint density at radius 2 is 1.57 bits per heavy atom. The summed E-state index contributed by atoms with van der Waals surface area (Å²) in [6.45, 7) is 13.5. The fourth-order valence-corrected chi connectivity index (χ4v) is 3.56. The van der Waals surface area contributed by atoms with Crippen LogP contribution in [-0.2, 0) is 4.74 Å². The van der Waals surface area contributed by atoms with E-state index in [1.807, 2.05) is 25.7 Å². The van der Waals surface area contributed by atoms with Gasteiger partial charge in [-0.3, -0.25) is 0 Å². The van der Waals surface area contributed by atoms with Crippen LogP contribution in [0.1, 0.15) is 59.8 Å². The van der Waals surface area contributed by atoms with Crippen LogP contribution in [-0.4, -0.2) is 54.2 Å². The topological polar surface area (TPSA) is 32.8 Å². The zero-order chi connectivity index (χ0) is 15.5. The van der Waals surface area contributed by atoms with Crippen molar-refractivity contribution in [2.45, 2.75) is 65.4 Å². The fourth-order valence-electron chi connectivity index (χ4n) is 3.56. The summed E-state index contributed by atoms with van der Waals surface area (Å²) in [6.07, 6.45) is 6.00. The smallest absolute Gasteiger partial charge is 0.410 e. The monoisotopic (exact) mass is 296 g/mol. The van der Waals surface area contributed by atoms with Crippen LogP contribution in [0.4, 0.5) is 4.79 Å². The van der Waals surface area contributed by atoms with Crippen LogP contribution in [0.15, 0.2) is 0 Å². The van der Waals surface area contributed by atoms with Crippen molar-refractivity contribution in [3.8, 4) is 0 Å². The number of likely N-dealkylation sites (tertiary alicyclic amines) is 2. The molecular formula is C17H32N2O2. The summed E-state index contributed by atoms with van der Waals surface area (Å²) in [5.41, 5.74) is 0.0977. The molecule has 0 aliphatic carbocycles. The molecule has 1 amide bonds. The molecular weight excluding hydrogens is 264 g/mol. The fraction of sp³-hybridized carbons (Fsp3) is 0.941. The Hall–Kier alpha value is -0.770. The maximum Gasteiger partial charge on any atom is 0.410 e. The highest BCUT2D eigenvalue weighted by Gasteiger charge is 2.39. The van der Waals surface area contributed by atoms with E-state index in [1.54, 1.807) is 0 Å². The highest BCUT2D eigenvalue weighted by molar-refractivity contribution is 5.68. The van der Waals surface area contributed by atoms with E-state index >= 15 is 0 Å². The number of carbonyl (C=O) groups is 1. The summed E-state index contributed by atoms with van der Waals surface area (Å²) in [6, 6.07) is 0. The molecule has 0 aromatic rings. The summed E-state index contributed by atoms with van der Waals surface area (Å²) >= 11 is 0. The number of hydrogen-bond donors (Lipinski definition) is 0. The number of nitrogens with zero attached hydrogens (tertiary/aromatic N) is 2. The second-order valence-corrected chi connectivity index (χ2v) is 7.81. The number of ether oxygens (including phenoxy) is 1. The Balaban J connectivity index is 1.79. The summed E-state index contributed by atoms with van der Waals surface area (Å²) in [5.74, 6) is 0. The van der Waals surface area contributed by atoms with Gasteiger partial charge in [-0.1, -0.05) is 6.92 Å². The standard InChI is InChI=1S/C17H32N2O2/c1-5-10-18-11-6-17(7-12-18)8-13-19(14-9-17)15(20)21-16(2,3)4/h5-14H2,1-4H3.